The molecule has 0 aliphatic carbocycles. The lowest BCUT2D eigenvalue weighted by Gasteiger charge is -2.12. The fourth-order valence-corrected chi connectivity index (χ4v) is 3.90. The van der Waals surface area contributed by atoms with Crippen molar-refractivity contribution in [2.45, 2.75) is 6.92 Å². The normalized spacial score (nSPS) is 10.8. The van der Waals surface area contributed by atoms with Crippen LogP contribution in [-0.2, 0) is 0 Å². The minimum atomic E-state index is -0.348. The highest BCUT2D eigenvalue weighted by molar-refractivity contribution is 6.11. The third-order valence-electron chi connectivity index (χ3n) is 5.84. The fourth-order valence-electron chi connectivity index (χ4n) is 3.90. The monoisotopic (exact) mass is 491 g/mol. The number of H-pyrrole nitrogens is 1. The molecule has 37 heavy (non-hydrogen) atoms. The Bertz CT molecular complexity index is 1610. The Morgan fingerprint density at radius 2 is 1.70 bits per heavy atom. The first-order valence-corrected chi connectivity index (χ1v) is 11.6. The molecule has 0 saturated heterocycles. The quantitative estimate of drug-likeness (QED) is 0.307. The van der Waals surface area contributed by atoms with Crippen molar-refractivity contribution in [3.63, 3.8) is 0 Å². The van der Waals surface area contributed by atoms with Crippen LogP contribution in [0.3, 0.4) is 0 Å². The van der Waals surface area contributed by atoms with E-state index in [1.165, 1.54) is 4.90 Å². The molecule has 3 heterocycles. The van der Waals surface area contributed by atoms with Gasteiger partial charge < -0.3 is 15.5 Å². The fraction of sp³-hybridized carbons (Fsp3) is 0.107. The number of carbonyl (C=O) groups excluding carboxylic acids is 2. The van der Waals surface area contributed by atoms with Gasteiger partial charge in [0.2, 0.25) is 0 Å². The summed E-state index contributed by atoms with van der Waals surface area (Å²) in [5, 5.41) is 13.5. The van der Waals surface area contributed by atoms with Crippen LogP contribution in [0.15, 0.2) is 79.3 Å². The summed E-state index contributed by atoms with van der Waals surface area (Å²) in [5.74, 6) is -0.348. The number of fused-ring (bicyclic) bond motifs is 1. The first-order chi connectivity index (χ1) is 17.9. The lowest BCUT2D eigenvalue weighted by atomic mass is 10.0. The number of aryl methyl sites for hydroxylation is 1. The van der Waals surface area contributed by atoms with Crippen molar-refractivity contribution < 1.29 is 9.59 Å². The zero-order chi connectivity index (χ0) is 25.9. The Labute approximate surface area is 213 Å². The van der Waals surface area contributed by atoms with Gasteiger partial charge in [0.05, 0.1) is 35.0 Å². The van der Waals surface area contributed by atoms with Gasteiger partial charge in [0.15, 0.2) is 5.69 Å². The molecule has 184 valence electrons. The molecule has 0 unspecified atom stereocenters. The molecule has 0 aliphatic heterocycles. The number of aromatic nitrogens is 4. The molecule has 0 saturated carbocycles. The largest absolute Gasteiger partial charge is 0.331 e. The van der Waals surface area contributed by atoms with E-state index < -0.39 is 0 Å². The number of anilines is 2. The molecular weight excluding hydrogens is 466 g/mol. The maximum atomic E-state index is 13.1. The van der Waals surface area contributed by atoms with Crippen molar-refractivity contribution in [2.75, 3.05) is 24.7 Å². The highest BCUT2D eigenvalue weighted by Gasteiger charge is 2.16. The van der Waals surface area contributed by atoms with Gasteiger partial charge >= 0.3 is 6.03 Å². The summed E-state index contributed by atoms with van der Waals surface area (Å²) in [5.41, 5.74) is 6.77. The molecule has 5 aromatic rings. The number of nitrogens with zero attached hydrogens (tertiary/aromatic N) is 4. The number of amides is 3. The zero-order valence-electron chi connectivity index (χ0n) is 20.6. The van der Waals surface area contributed by atoms with Crippen LogP contribution in [0.2, 0.25) is 0 Å². The summed E-state index contributed by atoms with van der Waals surface area (Å²) < 4.78 is 0. The molecule has 3 N–H and O–H groups in total. The molecule has 3 amide bonds. The maximum absolute atomic E-state index is 13.1. The van der Waals surface area contributed by atoms with E-state index in [2.05, 4.69) is 36.9 Å². The molecule has 3 aromatic heterocycles. The summed E-state index contributed by atoms with van der Waals surface area (Å²) in [6.45, 7) is 2.04. The van der Waals surface area contributed by atoms with Gasteiger partial charge in [-0.2, -0.15) is 5.10 Å². The van der Waals surface area contributed by atoms with E-state index in [1.807, 2.05) is 61.5 Å². The molecule has 0 fully saturated rings. The van der Waals surface area contributed by atoms with Crippen molar-refractivity contribution >= 4 is 34.2 Å². The standard InChI is InChI=1S/C28H25N7O2/c1-17-5-4-6-19(11-17)24-10-8-21(16-30-24)31-27(36)26-23-13-18(7-9-25(23)33-34-26)20-12-22(15-29-14-20)32-28(37)35(2)3/h4-16H,1-3H3,(H,31,36)(H,32,37)(H,33,34). The van der Waals surface area contributed by atoms with Crippen molar-refractivity contribution in [1.82, 2.24) is 25.1 Å². The predicted molar refractivity (Wildman–Crippen MR) is 144 cm³/mol. The van der Waals surface area contributed by atoms with Crippen LogP contribution in [0.1, 0.15) is 16.1 Å². The number of urea groups is 1. The minimum absolute atomic E-state index is 0.246. The van der Waals surface area contributed by atoms with Gasteiger partial charge in [-0.3, -0.25) is 19.9 Å². The van der Waals surface area contributed by atoms with Crippen LogP contribution < -0.4 is 10.6 Å². The van der Waals surface area contributed by atoms with E-state index in [9.17, 15) is 9.59 Å². The maximum Gasteiger partial charge on any atom is 0.321 e. The molecule has 0 bridgehead atoms. The molecule has 9 heteroatoms. The molecule has 0 aliphatic rings. The highest BCUT2D eigenvalue weighted by Crippen LogP contribution is 2.27. The van der Waals surface area contributed by atoms with Gasteiger partial charge in [-0.1, -0.05) is 29.8 Å². The molecule has 0 spiro atoms. The van der Waals surface area contributed by atoms with Crippen LogP contribution in [0, 0.1) is 6.92 Å². The zero-order valence-corrected chi connectivity index (χ0v) is 20.6. The smallest absolute Gasteiger partial charge is 0.321 e. The van der Waals surface area contributed by atoms with Gasteiger partial charge in [-0.05, 0) is 48.9 Å². The summed E-state index contributed by atoms with van der Waals surface area (Å²) in [6.07, 6.45) is 4.92. The number of hydrogen-bond donors (Lipinski definition) is 3. The summed E-state index contributed by atoms with van der Waals surface area (Å²) in [7, 11) is 3.33. The van der Waals surface area contributed by atoms with E-state index in [-0.39, 0.29) is 17.6 Å². The summed E-state index contributed by atoms with van der Waals surface area (Å²) in [4.78, 5) is 35.3. The minimum Gasteiger partial charge on any atom is -0.331 e. The number of nitrogens with one attached hydrogen (secondary N) is 3. The average molecular weight is 492 g/mol. The second kappa shape index (κ2) is 9.90. The number of pyridine rings is 2. The molecule has 2 aromatic carbocycles. The van der Waals surface area contributed by atoms with Gasteiger partial charge in [-0.25, -0.2) is 4.79 Å². The first kappa shape index (κ1) is 23.7. The second-order valence-corrected chi connectivity index (χ2v) is 8.88. The van der Waals surface area contributed by atoms with Gasteiger partial charge in [0.25, 0.3) is 5.91 Å². The van der Waals surface area contributed by atoms with Crippen molar-refractivity contribution in [1.29, 1.82) is 0 Å². The molecule has 0 radical (unpaired) electrons. The lowest BCUT2D eigenvalue weighted by molar-refractivity contribution is 0.102. The SMILES string of the molecule is Cc1cccc(-c2ccc(NC(=O)c3n[nH]c4ccc(-c5cncc(NC(=O)N(C)C)c5)cc34)cn2)c1. The third kappa shape index (κ3) is 5.15. The highest BCUT2D eigenvalue weighted by atomic mass is 16.2. The third-order valence-corrected chi connectivity index (χ3v) is 5.84. The van der Waals surface area contributed by atoms with E-state index in [4.69, 9.17) is 0 Å². The van der Waals surface area contributed by atoms with Crippen molar-refractivity contribution in [2.24, 2.45) is 0 Å². The summed E-state index contributed by atoms with van der Waals surface area (Å²) >= 11 is 0. The van der Waals surface area contributed by atoms with E-state index >= 15 is 0 Å². The van der Waals surface area contributed by atoms with Crippen LogP contribution in [0.25, 0.3) is 33.3 Å². The number of aromatic amines is 1. The van der Waals surface area contributed by atoms with Crippen LogP contribution >= 0.6 is 0 Å². The van der Waals surface area contributed by atoms with Gasteiger partial charge in [-0.15, -0.1) is 0 Å². The number of hydrogen-bond acceptors (Lipinski definition) is 5. The first-order valence-electron chi connectivity index (χ1n) is 11.6. The van der Waals surface area contributed by atoms with Crippen LogP contribution in [0.4, 0.5) is 16.2 Å². The van der Waals surface area contributed by atoms with E-state index in [0.717, 1.165) is 33.5 Å². The Morgan fingerprint density at radius 3 is 2.46 bits per heavy atom. The average Bonchev–Trinajstić information content (AvgIpc) is 3.33. The topological polar surface area (TPSA) is 116 Å². The van der Waals surface area contributed by atoms with Crippen LogP contribution in [0.5, 0.6) is 0 Å². The second-order valence-electron chi connectivity index (χ2n) is 8.88. The van der Waals surface area contributed by atoms with Gasteiger partial charge in [0.1, 0.15) is 0 Å². The Hall–Kier alpha value is -5.05. The number of benzene rings is 2. The van der Waals surface area contributed by atoms with E-state index in [0.29, 0.717) is 16.8 Å². The van der Waals surface area contributed by atoms with Crippen molar-refractivity contribution in [3.8, 4) is 22.4 Å². The Balaban J connectivity index is 1.37. The predicted octanol–water partition coefficient (Wildman–Crippen LogP) is 5.34. The number of rotatable bonds is 5. The molecule has 0 atom stereocenters. The molecule has 5 rings (SSSR count). The Kier molecular flexibility index (Phi) is 6.34. The van der Waals surface area contributed by atoms with Gasteiger partial charge in [0, 0.05) is 36.8 Å². The van der Waals surface area contributed by atoms with E-state index in [1.54, 1.807) is 32.7 Å². The molecule has 9 nitrogen and oxygen atoms in total. The number of carbonyl (C=O) groups is 2. The van der Waals surface area contributed by atoms with Crippen LogP contribution in [-0.4, -0.2) is 51.1 Å². The van der Waals surface area contributed by atoms with Crippen molar-refractivity contribution in [3.05, 3.63) is 90.5 Å². The Morgan fingerprint density at radius 1 is 0.838 bits per heavy atom. The molecular formula is C28H25N7O2. The lowest BCUT2D eigenvalue weighted by Crippen LogP contribution is -2.27. The summed E-state index contributed by atoms with van der Waals surface area (Å²) in [6, 6.07) is 19.0.